The Hall–Kier alpha value is -2.17. The molecule has 0 aliphatic heterocycles. The molecule has 0 saturated heterocycles. The summed E-state index contributed by atoms with van der Waals surface area (Å²) < 4.78 is 0. The molecule has 2 rings (SSSR count). The van der Waals surface area contributed by atoms with Crippen LogP contribution < -0.4 is 10.6 Å². The second-order valence-corrected chi connectivity index (χ2v) is 4.55. The number of aromatic nitrogens is 3. The standard InChI is InChI=1S/C15H21N5/c1-3-7-17-14-9-15(20-13(4-2)19-14)18-11-12-6-5-8-16-10-12/h5-6,8-10H,3-4,7,11H2,1-2H3,(H2,17,18,19,20). The molecule has 2 heterocycles. The number of aryl methyl sites for hydroxylation is 1. The van der Waals surface area contributed by atoms with Crippen LogP contribution in [-0.2, 0) is 13.0 Å². The second-order valence-electron chi connectivity index (χ2n) is 4.55. The predicted molar refractivity (Wildman–Crippen MR) is 81.8 cm³/mol. The summed E-state index contributed by atoms with van der Waals surface area (Å²) in [7, 11) is 0. The lowest BCUT2D eigenvalue weighted by molar-refractivity contribution is 0.912. The fourth-order valence-corrected chi connectivity index (χ4v) is 1.78. The molecule has 5 nitrogen and oxygen atoms in total. The molecule has 0 aliphatic rings. The van der Waals surface area contributed by atoms with Crippen molar-refractivity contribution in [1.29, 1.82) is 0 Å². The quantitative estimate of drug-likeness (QED) is 0.810. The molecule has 2 aromatic heterocycles. The molecule has 0 saturated carbocycles. The van der Waals surface area contributed by atoms with E-state index in [1.807, 2.05) is 24.4 Å². The van der Waals surface area contributed by atoms with Gasteiger partial charge in [0.25, 0.3) is 0 Å². The van der Waals surface area contributed by atoms with Crippen LogP contribution in [0.2, 0.25) is 0 Å². The molecule has 0 unspecified atom stereocenters. The molecular formula is C15H21N5. The summed E-state index contributed by atoms with van der Waals surface area (Å²) in [6.07, 6.45) is 5.52. The summed E-state index contributed by atoms with van der Waals surface area (Å²) in [6.45, 7) is 5.82. The molecule has 0 aliphatic carbocycles. The molecule has 2 aromatic rings. The molecule has 0 atom stereocenters. The Kier molecular flexibility index (Phi) is 5.29. The molecule has 20 heavy (non-hydrogen) atoms. The third-order valence-electron chi connectivity index (χ3n) is 2.84. The zero-order chi connectivity index (χ0) is 14.2. The van der Waals surface area contributed by atoms with Crippen molar-refractivity contribution in [1.82, 2.24) is 15.0 Å². The van der Waals surface area contributed by atoms with E-state index in [-0.39, 0.29) is 0 Å². The van der Waals surface area contributed by atoms with E-state index in [0.29, 0.717) is 6.54 Å². The van der Waals surface area contributed by atoms with Gasteiger partial charge in [0.1, 0.15) is 17.5 Å². The maximum Gasteiger partial charge on any atom is 0.132 e. The van der Waals surface area contributed by atoms with E-state index in [1.54, 1.807) is 6.20 Å². The van der Waals surface area contributed by atoms with Crippen LogP contribution in [-0.4, -0.2) is 21.5 Å². The van der Waals surface area contributed by atoms with Crippen molar-refractivity contribution in [2.45, 2.75) is 33.2 Å². The average molecular weight is 271 g/mol. The van der Waals surface area contributed by atoms with Crippen LogP contribution in [0.5, 0.6) is 0 Å². The molecular weight excluding hydrogens is 250 g/mol. The number of hydrogen-bond donors (Lipinski definition) is 2. The molecule has 2 N–H and O–H groups in total. The van der Waals surface area contributed by atoms with Gasteiger partial charge in [-0.2, -0.15) is 0 Å². The zero-order valence-corrected chi connectivity index (χ0v) is 12.1. The highest BCUT2D eigenvalue weighted by Crippen LogP contribution is 2.13. The maximum absolute atomic E-state index is 4.49. The van der Waals surface area contributed by atoms with Crippen LogP contribution in [0.3, 0.4) is 0 Å². The average Bonchev–Trinajstić information content (AvgIpc) is 2.51. The van der Waals surface area contributed by atoms with E-state index < -0.39 is 0 Å². The minimum Gasteiger partial charge on any atom is -0.370 e. The SMILES string of the molecule is CCCNc1cc(NCc2cccnc2)nc(CC)n1. The third kappa shape index (κ3) is 4.19. The van der Waals surface area contributed by atoms with Gasteiger partial charge in [0.15, 0.2) is 0 Å². The summed E-state index contributed by atoms with van der Waals surface area (Å²) in [5.41, 5.74) is 1.13. The normalized spacial score (nSPS) is 10.3. The second kappa shape index (κ2) is 7.43. The molecule has 0 spiro atoms. The van der Waals surface area contributed by atoms with E-state index in [1.165, 1.54) is 0 Å². The number of nitrogens with one attached hydrogen (secondary N) is 2. The van der Waals surface area contributed by atoms with Crippen molar-refractivity contribution in [3.8, 4) is 0 Å². The van der Waals surface area contributed by atoms with Gasteiger partial charge in [0, 0.05) is 38.0 Å². The smallest absolute Gasteiger partial charge is 0.132 e. The molecule has 106 valence electrons. The van der Waals surface area contributed by atoms with Gasteiger partial charge in [-0.05, 0) is 18.1 Å². The van der Waals surface area contributed by atoms with Crippen LogP contribution in [0, 0.1) is 0 Å². The Bertz CT molecular complexity index is 527. The highest BCUT2D eigenvalue weighted by molar-refractivity contribution is 5.47. The molecule has 0 aromatic carbocycles. The van der Waals surface area contributed by atoms with Crippen LogP contribution in [0.1, 0.15) is 31.7 Å². The topological polar surface area (TPSA) is 62.7 Å². The van der Waals surface area contributed by atoms with Gasteiger partial charge in [0.2, 0.25) is 0 Å². The van der Waals surface area contributed by atoms with Gasteiger partial charge < -0.3 is 10.6 Å². The highest BCUT2D eigenvalue weighted by atomic mass is 15.1. The molecule has 5 heteroatoms. The Morgan fingerprint density at radius 1 is 1.10 bits per heavy atom. The van der Waals surface area contributed by atoms with Crippen LogP contribution in [0.4, 0.5) is 11.6 Å². The number of nitrogens with zero attached hydrogens (tertiary/aromatic N) is 3. The van der Waals surface area contributed by atoms with Gasteiger partial charge in [-0.3, -0.25) is 4.98 Å². The van der Waals surface area contributed by atoms with Gasteiger partial charge in [-0.25, -0.2) is 9.97 Å². The Morgan fingerprint density at radius 2 is 1.90 bits per heavy atom. The Balaban J connectivity index is 2.06. The first-order valence-electron chi connectivity index (χ1n) is 7.06. The molecule has 0 bridgehead atoms. The van der Waals surface area contributed by atoms with Crippen molar-refractivity contribution in [3.05, 3.63) is 42.0 Å². The first-order chi connectivity index (χ1) is 9.81. The fraction of sp³-hybridized carbons (Fsp3) is 0.400. The first kappa shape index (κ1) is 14.2. The van der Waals surface area contributed by atoms with Crippen molar-refractivity contribution in [2.24, 2.45) is 0 Å². The lowest BCUT2D eigenvalue weighted by Gasteiger charge is -2.10. The Morgan fingerprint density at radius 3 is 2.55 bits per heavy atom. The van der Waals surface area contributed by atoms with Crippen LogP contribution in [0.15, 0.2) is 30.6 Å². The minimum absolute atomic E-state index is 0.710. The van der Waals surface area contributed by atoms with E-state index in [4.69, 9.17) is 0 Å². The van der Waals surface area contributed by atoms with Gasteiger partial charge in [0.05, 0.1) is 0 Å². The number of pyridine rings is 1. The predicted octanol–water partition coefficient (Wildman–Crippen LogP) is 2.87. The zero-order valence-electron chi connectivity index (χ0n) is 12.1. The highest BCUT2D eigenvalue weighted by Gasteiger charge is 2.03. The van der Waals surface area contributed by atoms with E-state index in [2.05, 4.69) is 39.4 Å². The van der Waals surface area contributed by atoms with E-state index in [0.717, 1.165) is 42.4 Å². The van der Waals surface area contributed by atoms with Gasteiger partial charge >= 0.3 is 0 Å². The summed E-state index contributed by atoms with van der Waals surface area (Å²) in [4.78, 5) is 13.1. The van der Waals surface area contributed by atoms with Crippen LogP contribution >= 0.6 is 0 Å². The lowest BCUT2D eigenvalue weighted by Crippen LogP contribution is -2.08. The summed E-state index contributed by atoms with van der Waals surface area (Å²) in [6, 6.07) is 5.92. The first-order valence-corrected chi connectivity index (χ1v) is 7.06. The number of hydrogen-bond acceptors (Lipinski definition) is 5. The summed E-state index contributed by atoms with van der Waals surface area (Å²) >= 11 is 0. The van der Waals surface area contributed by atoms with E-state index >= 15 is 0 Å². The van der Waals surface area contributed by atoms with Crippen molar-refractivity contribution in [3.63, 3.8) is 0 Å². The largest absolute Gasteiger partial charge is 0.370 e. The number of rotatable bonds is 7. The number of anilines is 2. The van der Waals surface area contributed by atoms with E-state index in [9.17, 15) is 0 Å². The minimum atomic E-state index is 0.710. The van der Waals surface area contributed by atoms with Crippen molar-refractivity contribution in [2.75, 3.05) is 17.2 Å². The molecule has 0 amide bonds. The monoisotopic (exact) mass is 271 g/mol. The summed E-state index contributed by atoms with van der Waals surface area (Å²) in [5.74, 6) is 2.58. The molecule has 0 radical (unpaired) electrons. The van der Waals surface area contributed by atoms with Gasteiger partial charge in [-0.15, -0.1) is 0 Å². The molecule has 0 fully saturated rings. The van der Waals surface area contributed by atoms with Gasteiger partial charge in [-0.1, -0.05) is 19.9 Å². The van der Waals surface area contributed by atoms with Crippen molar-refractivity contribution >= 4 is 11.6 Å². The van der Waals surface area contributed by atoms with Crippen LogP contribution in [0.25, 0.3) is 0 Å². The fourth-order valence-electron chi connectivity index (χ4n) is 1.78. The Labute approximate surface area is 119 Å². The van der Waals surface area contributed by atoms with Crippen molar-refractivity contribution < 1.29 is 0 Å². The third-order valence-corrected chi connectivity index (χ3v) is 2.84. The maximum atomic E-state index is 4.49. The lowest BCUT2D eigenvalue weighted by atomic mass is 10.3. The summed E-state index contributed by atoms with van der Waals surface area (Å²) in [5, 5.41) is 6.63.